The third kappa shape index (κ3) is 4.43. The molecule has 2 N–H and O–H groups in total. The van der Waals surface area contributed by atoms with Gasteiger partial charge >= 0.3 is 0 Å². The molecule has 3 unspecified atom stereocenters. The SMILES string of the molecule is CCCNC1(CO)CCCC1CCN1CCC(CCC)C1. The molecule has 2 rings (SSSR count). The second-order valence-corrected chi connectivity index (χ2v) is 7.36. The zero-order valence-corrected chi connectivity index (χ0v) is 14.2. The number of nitrogens with one attached hydrogen (secondary N) is 1. The van der Waals surface area contributed by atoms with E-state index in [0.29, 0.717) is 12.5 Å². The maximum atomic E-state index is 9.94. The van der Waals surface area contributed by atoms with Crippen molar-refractivity contribution in [2.45, 2.75) is 70.8 Å². The van der Waals surface area contributed by atoms with Gasteiger partial charge < -0.3 is 15.3 Å². The summed E-state index contributed by atoms with van der Waals surface area (Å²) in [6.45, 7) is 9.72. The van der Waals surface area contributed by atoms with Crippen molar-refractivity contribution >= 4 is 0 Å². The van der Waals surface area contributed by atoms with Gasteiger partial charge in [0.15, 0.2) is 0 Å². The number of aliphatic hydroxyl groups is 1. The predicted molar refractivity (Wildman–Crippen MR) is 89.5 cm³/mol. The van der Waals surface area contributed by atoms with Gasteiger partial charge in [-0.2, -0.15) is 0 Å². The molecule has 0 aromatic heterocycles. The molecule has 21 heavy (non-hydrogen) atoms. The van der Waals surface area contributed by atoms with Crippen molar-refractivity contribution in [3.05, 3.63) is 0 Å². The maximum absolute atomic E-state index is 9.94. The van der Waals surface area contributed by atoms with Crippen molar-refractivity contribution in [1.82, 2.24) is 10.2 Å². The van der Waals surface area contributed by atoms with Gasteiger partial charge in [-0.15, -0.1) is 0 Å². The van der Waals surface area contributed by atoms with E-state index in [4.69, 9.17) is 0 Å². The van der Waals surface area contributed by atoms with Crippen LogP contribution in [-0.4, -0.2) is 48.3 Å². The van der Waals surface area contributed by atoms with Crippen molar-refractivity contribution in [1.29, 1.82) is 0 Å². The van der Waals surface area contributed by atoms with Crippen LogP contribution < -0.4 is 5.32 Å². The summed E-state index contributed by atoms with van der Waals surface area (Å²) in [5.41, 5.74) is 0.0263. The second kappa shape index (κ2) is 8.50. The summed E-state index contributed by atoms with van der Waals surface area (Å²) in [6.07, 6.45) is 10.3. The average molecular weight is 296 g/mol. The molecule has 3 atom stereocenters. The third-order valence-corrected chi connectivity index (χ3v) is 5.83. The predicted octanol–water partition coefficient (Wildman–Crippen LogP) is 3.03. The van der Waals surface area contributed by atoms with Crippen LogP contribution in [0, 0.1) is 11.8 Å². The number of hydrogen-bond donors (Lipinski definition) is 2. The van der Waals surface area contributed by atoms with Crippen LogP contribution in [0.5, 0.6) is 0 Å². The highest BCUT2D eigenvalue weighted by atomic mass is 16.3. The van der Waals surface area contributed by atoms with Crippen molar-refractivity contribution < 1.29 is 5.11 Å². The van der Waals surface area contributed by atoms with E-state index in [1.54, 1.807) is 0 Å². The van der Waals surface area contributed by atoms with Crippen LogP contribution in [0.4, 0.5) is 0 Å². The van der Waals surface area contributed by atoms with Crippen molar-refractivity contribution in [2.24, 2.45) is 11.8 Å². The summed E-state index contributed by atoms with van der Waals surface area (Å²) in [5, 5.41) is 13.6. The van der Waals surface area contributed by atoms with Crippen molar-refractivity contribution in [3.63, 3.8) is 0 Å². The smallest absolute Gasteiger partial charge is 0.0616 e. The Morgan fingerprint density at radius 1 is 1.19 bits per heavy atom. The fourth-order valence-corrected chi connectivity index (χ4v) is 4.53. The zero-order chi connectivity index (χ0) is 15.1. The van der Waals surface area contributed by atoms with E-state index in [1.807, 2.05) is 0 Å². The van der Waals surface area contributed by atoms with Crippen LogP contribution in [0.25, 0.3) is 0 Å². The molecule has 2 aliphatic rings. The molecule has 3 heteroatoms. The highest BCUT2D eigenvalue weighted by Crippen LogP contribution is 2.38. The number of rotatable bonds is 9. The van der Waals surface area contributed by atoms with Crippen LogP contribution >= 0.6 is 0 Å². The number of nitrogens with zero attached hydrogens (tertiary/aromatic N) is 1. The largest absolute Gasteiger partial charge is 0.394 e. The second-order valence-electron chi connectivity index (χ2n) is 7.36. The lowest BCUT2D eigenvalue weighted by Gasteiger charge is -2.36. The van der Waals surface area contributed by atoms with E-state index < -0.39 is 0 Å². The molecule has 0 radical (unpaired) electrons. The van der Waals surface area contributed by atoms with E-state index in [2.05, 4.69) is 24.1 Å². The van der Waals surface area contributed by atoms with Gasteiger partial charge in [0.2, 0.25) is 0 Å². The van der Waals surface area contributed by atoms with E-state index in [0.717, 1.165) is 25.3 Å². The lowest BCUT2D eigenvalue weighted by Crippen LogP contribution is -2.52. The molecule has 0 aromatic carbocycles. The maximum Gasteiger partial charge on any atom is 0.0616 e. The van der Waals surface area contributed by atoms with E-state index in [9.17, 15) is 5.11 Å². The molecule has 0 bridgehead atoms. The van der Waals surface area contributed by atoms with Crippen LogP contribution in [0.2, 0.25) is 0 Å². The first-order valence-electron chi connectivity index (χ1n) is 9.32. The Kier molecular flexibility index (Phi) is 6.97. The molecule has 124 valence electrons. The summed E-state index contributed by atoms with van der Waals surface area (Å²) >= 11 is 0. The Bertz CT molecular complexity index is 297. The zero-order valence-electron chi connectivity index (χ0n) is 14.2. The van der Waals surface area contributed by atoms with Gasteiger partial charge in [0.25, 0.3) is 0 Å². The van der Waals surface area contributed by atoms with E-state index >= 15 is 0 Å². The fraction of sp³-hybridized carbons (Fsp3) is 1.00. The normalized spacial score (nSPS) is 33.9. The molecule has 3 nitrogen and oxygen atoms in total. The summed E-state index contributed by atoms with van der Waals surface area (Å²) in [7, 11) is 0. The molecule has 1 aliphatic carbocycles. The van der Waals surface area contributed by atoms with E-state index in [-0.39, 0.29) is 5.54 Å². The Morgan fingerprint density at radius 2 is 2.05 bits per heavy atom. The topological polar surface area (TPSA) is 35.5 Å². The third-order valence-electron chi connectivity index (χ3n) is 5.83. The highest BCUT2D eigenvalue weighted by molar-refractivity contribution is 4.99. The molecule has 2 fully saturated rings. The minimum atomic E-state index is 0.0263. The molecule has 0 spiro atoms. The molecule has 1 heterocycles. The Hall–Kier alpha value is -0.120. The van der Waals surface area contributed by atoms with Crippen molar-refractivity contribution in [2.75, 3.05) is 32.8 Å². The van der Waals surface area contributed by atoms with Gasteiger partial charge in [0.1, 0.15) is 0 Å². The minimum Gasteiger partial charge on any atom is -0.394 e. The first-order chi connectivity index (χ1) is 10.2. The Balaban J connectivity index is 1.78. The molecular formula is C18H36N2O. The molecule has 0 amide bonds. The van der Waals surface area contributed by atoms with Crippen LogP contribution in [0.3, 0.4) is 0 Å². The molecule has 1 saturated carbocycles. The minimum absolute atomic E-state index is 0.0263. The monoisotopic (exact) mass is 296 g/mol. The van der Waals surface area contributed by atoms with Gasteiger partial charge in [0, 0.05) is 12.1 Å². The van der Waals surface area contributed by atoms with E-state index in [1.165, 1.54) is 58.2 Å². The summed E-state index contributed by atoms with van der Waals surface area (Å²) in [6, 6.07) is 0. The average Bonchev–Trinajstić information content (AvgIpc) is 3.10. The van der Waals surface area contributed by atoms with Gasteiger partial charge in [-0.1, -0.05) is 26.7 Å². The first-order valence-corrected chi connectivity index (χ1v) is 9.32. The van der Waals surface area contributed by atoms with Crippen molar-refractivity contribution in [3.8, 4) is 0 Å². The number of likely N-dealkylation sites (tertiary alicyclic amines) is 1. The highest BCUT2D eigenvalue weighted by Gasteiger charge is 2.41. The number of aliphatic hydroxyl groups excluding tert-OH is 1. The van der Waals surface area contributed by atoms with Crippen LogP contribution in [-0.2, 0) is 0 Å². The standard InChI is InChI=1S/C18H36N2O/c1-3-6-16-8-12-20(14-16)13-9-17-7-5-10-18(17,15-21)19-11-4-2/h16-17,19,21H,3-15H2,1-2H3. The molecule has 0 aromatic rings. The molecule has 1 saturated heterocycles. The summed E-state index contributed by atoms with van der Waals surface area (Å²) in [4.78, 5) is 2.67. The summed E-state index contributed by atoms with van der Waals surface area (Å²) in [5.74, 6) is 1.61. The Labute approximate surface area is 131 Å². The molecule has 1 aliphatic heterocycles. The Morgan fingerprint density at radius 3 is 2.76 bits per heavy atom. The van der Waals surface area contributed by atoms with Gasteiger partial charge in [-0.05, 0) is 70.0 Å². The van der Waals surface area contributed by atoms with Gasteiger partial charge in [0.05, 0.1) is 6.61 Å². The van der Waals surface area contributed by atoms with Gasteiger partial charge in [-0.25, -0.2) is 0 Å². The van der Waals surface area contributed by atoms with Gasteiger partial charge in [-0.3, -0.25) is 0 Å². The summed E-state index contributed by atoms with van der Waals surface area (Å²) < 4.78 is 0. The quantitative estimate of drug-likeness (QED) is 0.686. The lowest BCUT2D eigenvalue weighted by molar-refractivity contribution is 0.113. The van der Waals surface area contributed by atoms with Crippen LogP contribution in [0.15, 0.2) is 0 Å². The first kappa shape index (κ1) is 17.2. The molecular weight excluding hydrogens is 260 g/mol. The number of hydrogen-bond acceptors (Lipinski definition) is 3. The lowest BCUT2D eigenvalue weighted by atomic mass is 9.85. The van der Waals surface area contributed by atoms with Crippen LogP contribution in [0.1, 0.15) is 65.2 Å². The fourth-order valence-electron chi connectivity index (χ4n) is 4.53.